The van der Waals surface area contributed by atoms with E-state index in [1.54, 1.807) is 5.57 Å². The molecule has 0 nitrogen and oxygen atoms in total. The largest absolute Gasteiger partial charge is 0.0841 e. The first-order valence-corrected chi connectivity index (χ1v) is 4.57. The van der Waals surface area contributed by atoms with E-state index in [-0.39, 0.29) is 0 Å². The molecule has 0 unspecified atom stereocenters. The highest BCUT2D eigenvalue weighted by molar-refractivity contribution is 5.43. The molecule has 0 saturated heterocycles. The maximum Gasteiger partial charge on any atom is -0.00917 e. The molecule has 0 N–H and O–H groups in total. The van der Waals surface area contributed by atoms with Crippen LogP contribution in [0.5, 0.6) is 0 Å². The lowest BCUT2D eigenvalue weighted by Crippen LogP contribution is -1.87. The zero-order chi connectivity index (χ0) is 8.39. The fourth-order valence-electron chi connectivity index (χ4n) is 1.79. The van der Waals surface area contributed by atoms with Crippen LogP contribution in [0, 0.1) is 0 Å². The second kappa shape index (κ2) is 3.14. The van der Waals surface area contributed by atoms with E-state index in [0.717, 1.165) is 6.42 Å². The average Bonchev–Trinajstić information content (AvgIpc) is 2.77. The molecule has 0 aliphatic heterocycles. The van der Waals surface area contributed by atoms with Crippen LogP contribution in [-0.2, 0) is 0 Å². The van der Waals surface area contributed by atoms with Crippen molar-refractivity contribution < 1.29 is 0 Å². The summed E-state index contributed by atoms with van der Waals surface area (Å²) in [7, 11) is 0. The number of hydrogen-bond acceptors (Lipinski definition) is 0. The molecule has 0 aromatic carbocycles. The van der Waals surface area contributed by atoms with Crippen LogP contribution in [0.3, 0.4) is 0 Å². The van der Waals surface area contributed by atoms with Crippen molar-refractivity contribution in [1.29, 1.82) is 0 Å². The Morgan fingerprint density at radius 2 is 1.83 bits per heavy atom. The SMILES string of the molecule is CC(C1=CC=CC1)=C1CC=CC1. The highest BCUT2D eigenvalue weighted by atomic mass is 14.1. The van der Waals surface area contributed by atoms with Gasteiger partial charge in [0.05, 0.1) is 0 Å². The Morgan fingerprint density at radius 3 is 2.42 bits per heavy atom. The maximum absolute atomic E-state index is 2.27. The summed E-state index contributed by atoms with van der Waals surface area (Å²) in [4.78, 5) is 0. The first-order valence-electron chi connectivity index (χ1n) is 4.57. The quantitative estimate of drug-likeness (QED) is 0.512. The second-order valence-electron chi connectivity index (χ2n) is 3.43. The van der Waals surface area contributed by atoms with Crippen LogP contribution in [0.4, 0.5) is 0 Å². The summed E-state index contributed by atoms with van der Waals surface area (Å²) in [6, 6.07) is 0. The molecule has 0 heterocycles. The lowest BCUT2D eigenvalue weighted by Gasteiger charge is -2.06. The molecule has 62 valence electrons. The van der Waals surface area contributed by atoms with Crippen molar-refractivity contribution in [2.24, 2.45) is 0 Å². The topological polar surface area (TPSA) is 0 Å². The van der Waals surface area contributed by atoms with E-state index in [2.05, 4.69) is 37.3 Å². The Balaban J connectivity index is 2.18. The summed E-state index contributed by atoms with van der Waals surface area (Å²) in [5.41, 5.74) is 4.63. The molecule has 12 heavy (non-hydrogen) atoms. The third-order valence-electron chi connectivity index (χ3n) is 2.68. The smallest absolute Gasteiger partial charge is 0.00917 e. The molecule has 0 fully saturated rings. The predicted molar refractivity (Wildman–Crippen MR) is 52.9 cm³/mol. The Kier molecular flexibility index (Phi) is 1.99. The zero-order valence-electron chi connectivity index (χ0n) is 7.51. The minimum Gasteiger partial charge on any atom is -0.0841 e. The maximum atomic E-state index is 2.27. The molecule has 0 amide bonds. The van der Waals surface area contributed by atoms with Gasteiger partial charge in [-0.15, -0.1) is 0 Å². The Bertz CT molecular complexity index is 288. The van der Waals surface area contributed by atoms with Gasteiger partial charge < -0.3 is 0 Å². The van der Waals surface area contributed by atoms with Gasteiger partial charge in [-0.25, -0.2) is 0 Å². The van der Waals surface area contributed by atoms with Gasteiger partial charge in [-0.3, -0.25) is 0 Å². The summed E-state index contributed by atoms with van der Waals surface area (Å²) in [6.07, 6.45) is 14.6. The highest BCUT2D eigenvalue weighted by Crippen LogP contribution is 2.28. The monoisotopic (exact) mass is 158 g/mol. The molecule has 0 spiro atoms. The molecule has 0 aromatic heterocycles. The van der Waals surface area contributed by atoms with E-state index in [1.165, 1.54) is 24.0 Å². The van der Waals surface area contributed by atoms with Gasteiger partial charge in [0, 0.05) is 0 Å². The highest BCUT2D eigenvalue weighted by Gasteiger charge is 2.08. The summed E-state index contributed by atoms with van der Waals surface area (Å²) in [5, 5.41) is 0. The zero-order valence-corrected chi connectivity index (χ0v) is 7.51. The number of allylic oxidation sites excluding steroid dienone is 8. The van der Waals surface area contributed by atoms with Crippen LogP contribution >= 0.6 is 0 Å². The first-order chi connectivity index (χ1) is 5.88. The van der Waals surface area contributed by atoms with Crippen molar-refractivity contribution in [3.63, 3.8) is 0 Å². The van der Waals surface area contributed by atoms with Crippen molar-refractivity contribution in [3.8, 4) is 0 Å². The van der Waals surface area contributed by atoms with Crippen LogP contribution in [0.15, 0.2) is 47.1 Å². The minimum absolute atomic E-state index is 1.13. The predicted octanol–water partition coefficient (Wildman–Crippen LogP) is 3.54. The molecule has 2 aliphatic carbocycles. The lowest BCUT2D eigenvalue weighted by atomic mass is 9.99. The molecule has 0 atom stereocenters. The average molecular weight is 158 g/mol. The summed E-state index contributed by atoms with van der Waals surface area (Å²) in [6.45, 7) is 2.25. The summed E-state index contributed by atoms with van der Waals surface area (Å²) < 4.78 is 0. The van der Waals surface area contributed by atoms with Gasteiger partial charge in [0.1, 0.15) is 0 Å². The molecule has 2 rings (SSSR count). The molecular formula is C12H14. The Morgan fingerprint density at radius 1 is 1.08 bits per heavy atom. The Hall–Kier alpha value is -1.04. The normalized spacial score (nSPS) is 20.4. The van der Waals surface area contributed by atoms with Gasteiger partial charge in [0.2, 0.25) is 0 Å². The molecule has 0 radical (unpaired) electrons. The molecular weight excluding hydrogens is 144 g/mol. The van der Waals surface area contributed by atoms with E-state index < -0.39 is 0 Å². The number of rotatable bonds is 1. The van der Waals surface area contributed by atoms with E-state index in [0.29, 0.717) is 0 Å². The van der Waals surface area contributed by atoms with Crippen molar-refractivity contribution >= 4 is 0 Å². The fourth-order valence-corrected chi connectivity index (χ4v) is 1.79. The van der Waals surface area contributed by atoms with Crippen molar-refractivity contribution in [2.45, 2.75) is 26.2 Å². The van der Waals surface area contributed by atoms with Crippen molar-refractivity contribution in [1.82, 2.24) is 0 Å². The second-order valence-corrected chi connectivity index (χ2v) is 3.43. The van der Waals surface area contributed by atoms with E-state index in [4.69, 9.17) is 0 Å². The van der Waals surface area contributed by atoms with Crippen LogP contribution in [0.2, 0.25) is 0 Å². The first kappa shape index (κ1) is 7.60. The van der Waals surface area contributed by atoms with Crippen molar-refractivity contribution in [3.05, 3.63) is 47.1 Å². The van der Waals surface area contributed by atoms with Gasteiger partial charge in [-0.2, -0.15) is 0 Å². The molecule has 0 aromatic rings. The van der Waals surface area contributed by atoms with Gasteiger partial charge in [0.15, 0.2) is 0 Å². The van der Waals surface area contributed by atoms with Gasteiger partial charge in [0.25, 0.3) is 0 Å². The van der Waals surface area contributed by atoms with Crippen LogP contribution < -0.4 is 0 Å². The molecule has 2 aliphatic rings. The van der Waals surface area contributed by atoms with E-state index in [9.17, 15) is 0 Å². The third kappa shape index (κ3) is 1.29. The molecule has 0 heteroatoms. The van der Waals surface area contributed by atoms with Gasteiger partial charge in [-0.05, 0) is 37.3 Å². The summed E-state index contributed by atoms with van der Waals surface area (Å²) >= 11 is 0. The molecule has 0 bridgehead atoms. The van der Waals surface area contributed by atoms with Crippen LogP contribution in [0.25, 0.3) is 0 Å². The van der Waals surface area contributed by atoms with Gasteiger partial charge in [-0.1, -0.05) is 36.0 Å². The Labute approximate surface area is 74.0 Å². The van der Waals surface area contributed by atoms with Crippen molar-refractivity contribution in [2.75, 3.05) is 0 Å². The minimum atomic E-state index is 1.13. The van der Waals surface area contributed by atoms with Crippen LogP contribution in [-0.4, -0.2) is 0 Å². The third-order valence-corrected chi connectivity index (χ3v) is 2.68. The van der Waals surface area contributed by atoms with E-state index >= 15 is 0 Å². The standard InChI is InChI=1S/C12H14/c1-10(11-6-2-3-7-11)12-8-4-5-9-12/h2-6H,7-9H2,1H3. The summed E-state index contributed by atoms with van der Waals surface area (Å²) in [5.74, 6) is 0. The lowest BCUT2D eigenvalue weighted by molar-refractivity contribution is 1.10. The van der Waals surface area contributed by atoms with E-state index in [1.807, 2.05) is 0 Å². The molecule has 0 saturated carbocycles. The number of hydrogen-bond donors (Lipinski definition) is 0. The van der Waals surface area contributed by atoms with Gasteiger partial charge >= 0.3 is 0 Å². The van der Waals surface area contributed by atoms with Crippen LogP contribution in [0.1, 0.15) is 26.2 Å². The fraction of sp³-hybridized carbons (Fsp3) is 0.333.